The molecular weight excluding hydrogens is 289 g/mol. The third-order valence-electron chi connectivity index (χ3n) is 3.37. The number of carbonyl (C=O) groups is 1. The molecule has 1 amide bonds. The topological polar surface area (TPSA) is 81.9 Å². The molecule has 2 aromatic rings. The van der Waals surface area contributed by atoms with Crippen LogP contribution < -0.4 is 5.32 Å². The van der Waals surface area contributed by atoms with Crippen molar-refractivity contribution in [2.75, 3.05) is 13.2 Å². The molecule has 1 atom stereocenters. The van der Waals surface area contributed by atoms with Crippen LogP contribution in [0.3, 0.4) is 0 Å². The van der Waals surface area contributed by atoms with Crippen molar-refractivity contribution in [3.8, 4) is 11.4 Å². The van der Waals surface area contributed by atoms with Gasteiger partial charge in [-0.3, -0.25) is 4.79 Å². The minimum absolute atomic E-state index is 0.0327. The van der Waals surface area contributed by atoms with Gasteiger partial charge >= 0.3 is 0 Å². The maximum Gasteiger partial charge on any atom is 0.243 e. The van der Waals surface area contributed by atoms with E-state index in [4.69, 9.17) is 4.74 Å². The molecule has 1 fully saturated rings. The quantitative estimate of drug-likeness (QED) is 0.882. The fourth-order valence-corrected chi connectivity index (χ4v) is 2.27. The van der Waals surface area contributed by atoms with Crippen molar-refractivity contribution in [2.45, 2.75) is 25.5 Å². The number of tetrazole rings is 1. The van der Waals surface area contributed by atoms with Crippen molar-refractivity contribution in [3.05, 3.63) is 30.1 Å². The second kappa shape index (κ2) is 6.61. The Bertz CT molecular complexity index is 654. The lowest BCUT2D eigenvalue weighted by molar-refractivity contribution is -0.122. The molecule has 1 aliphatic heterocycles. The summed E-state index contributed by atoms with van der Waals surface area (Å²) >= 11 is 0. The summed E-state index contributed by atoms with van der Waals surface area (Å²) in [7, 11) is 0. The van der Waals surface area contributed by atoms with Crippen LogP contribution in [-0.4, -0.2) is 45.4 Å². The number of rotatable bonds is 5. The van der Waals surface area contributed by atoms with Gasteiger partial charge in [0.25, 0.3) is 0 Å². The van der Waals surface area contributed by atoms with Crippen LogP contribution in [-0.2, 0) is 16.1 Å². The Hall–Kier alpha value is -2.35. The molecule has 0 unspecified atom stereocenters. The number of hydrogen-bond acceptors (Lipinski definition) is 5. The van der Waals surface area contributed by atoms with Gasteiger partial charge in [0.05, 0.1) is 6.10 Å². The van der Waals surface area contributed by atoms with Gasteiger partial charge in [-0.15, -0.1) is 10.2 Å². The van der Waals surface area contributed by atoms with Gasteiger partial charge in [-0.05, 0) is 30.2 Å². The average molecular weight is 305 g/mol. The maximum atomic E-state index is 13.2. The van der Waals surface area contributed by atoms with E-state index >= 15 is 0 Å². The molecule has 1 saturated heterocycles. The average Bonchev–Trinajstić information content (AvgIpc) is 3.16. The van der Waals surface area contributed by atoms with Gasteiger partial charge in [0.1, 0.15) is 12.4 Å². The van der Waals surface area contributed by atoms with E-state index in [1.165, 1.54) is 16.9 Å². The van der Waals surface area contributed by atoms with E-state index in [2.05, 4.69) is 20.7 Å². The number of benzene rings is 1. The molecule has 0 radical (unpaired) electrons. The molecule has 1 aromatic heterocycles. The summed E-state index contributed by atoms with van der Waals surface area (Å²) in [5.41, 5.74) is 0.519. The SMILES string of the molecule is O=C(Cn1nnc(-c2cccc(F)c2)n1)NC[C@@H]1CCCO1. The number of nitrogens with one attached hydrogen (secondary N) is 1. The van der Waals surface area contributed by atoms with Crippen LogP contribution in [0.15, 0.2) is 24.3 Å². The van der Waals surface area contributed by atoms with E-state index in [1.807, 2.05) is 0 Å². The third kappa shape index (κ3) is 3.64. The van der Waals surface area contributed by atoms with Crippen LogP contribution in [0.4, 0.5) is 4.39 Å². The van der Waals surface area contributed by atoms with E-state index < -0.39 is 0 Å². The zero-order valence-corrected chi connectivity index (χ0v) is 11.9. The highest BCUT2D eigenvalue weighted by Crippen LogP contribution is 2.14. The minimum atomic E-state index is -0.372. The molecule has 2 heterocycles. The lowest BCUT2D eigenvalue weighted by atomic mass is 10.2. The van der Waals surface area contributed by atoms with Crippen LogP contribution >= 0.6 is 0 Å². The fourth-order valence-electron chi connectivity index (χ4n) is 2.27. The summed E-state index contributed by atoms with van der Waals surface area (Å²) in [6.45, 7) is 1.21. The summed E-state index contributed by atoms with van der Waals surface area (Å²) in [6.07, 6.45) is 2.09. The van der Waals surface area contributed by atoms with Crippen LogP contribution in [0.2, 0.25) is 0 Å². The predicted molar refractivity (Wildman–Crippen MR) is 75.2 cm³/mol. The van der Waals surface area contributed by atoms with E-state index in [-0.39, 0.29) is 30.2 Å². The maximum absolute atomic E-state index is 13.2. The number of amides is 1. The van der Waals surface area contributed by atoms with Gasteiger partial charge in [0.2, 0.25) is 11.7 Å². The van der Waals surface area contributed by atoms with Crippen molar-refractivity contribution < 1.29 is 13.9 Å². The zero-order chi connectivity index (χ0) is 15.4. The first-order chi connectivity index (χ1) is 10.7. The van der Waals surface area contributed by atoms with Gasteiger partial charge < -0.3 is 10.1 Å². The van der Waals surface area contributed by atoms with Crippen LogP contribution in [0.5, 0.6) is 0 Å². The summed E-state index contributed by atoms with van der Waals surface area (Å²) in [4.78, 5) is 13.0. The Morgan fingerprint density at radius 3 is 3.18 bits per heavy atom. The second-order valence-corrected chi connectivity index (χ2v) is 5.09. The molecule has 1 N–H and O–H groups in total. The van der Waals surface area contributed by atoms with E-state index in [0.29, 0.717) is 12.1 Å². The van der Waals surface area contributed by atoms with Crippen molar-refractivity contribution >= 4 is 5.91 Å². The molecule has 3 rings (SSSR count). The highest BCUT2D eigenvalue weighted by Gasteiger charge is 2.16. The summed E-state index contributed by atoms with van der Waals surface area (Å²) in [5.74, 6) is -0.298. The predicted octanol–water partition coefficient (Wildman–Crippen LogP) is 0.774. The van der Waals surface area contributed by atoms with Crippen molar-refractivity contribution in [1.29, 1.82) is 0 Å². The van der Waals surface area contributed by atoms with Crippen LogP contribution in [0.25, 0.3) is 11.4 Å². The van der Waals surface area contributed by atoms with Gasteiger partial charge in [0, 0.05) is 18.7 Å². The molecule has 0 saturated carbocycles. The smallest absolute Gasteiger partial charge is 0.243 e. The third-order valence-corrected chi connectivity index (χ3v) is 3.37. The number of nitrogens with zero attached hydrogens (tertiary/aromatic N) is 4. The van der Waals surface area contributed by atoms with E-state index in [0.717, 1.165) is 19.4 Å². The number of ether oxygens (including phenoxy) is 1. The largest absolute Gasteiger partial charge is 0.376 e. The molecule has 0 spiro atoms. The molecule has 1 aliphatic rings. The summed E-state index contributed by atoms with van der Waals surface area (Å²) in [5, 5.41) is 14.5. The Morgan fingerprint density at radius 1 is 1.50 bits per heavy atom. The first-order valence-electron chi connectivity index (χ1n) is 7.13. The molecule has 1 aromatic carbocycles. The van der Waals surface area contributed by atoms with E-state index in [9.17, 15) is 9.18 Å². The number of halogens is 1. The molecule has 0 bridgehead atoms. The molecule has 0 aliphatic carbocycles. The summed E-state index contributed by atoms with van der Waals surface area (Å²) in [6, 6.07) is 5.91. The molecule has 8 heteroatoms. The Balaban J connectivity index is 1.55. The lowest BCUT2D eigenvalue weighted by Gasteiger charge is -2.10. The first-order valence-corrected chi connectivity index (χ1v) is 7.13. The Morgan fingerprint density at radius 2 is 2.41 bits per heavy atom. The summed E-state index contributed by atoms with van der Waals surface area (Å²) < 4.78 is 18.6. The number of carbonyl (C=O) groups excluding carboxylic acids is 1. The van der Waals surface area contributed by atoms with E-state index in [1.54, 1.807) is 12.1 Å². The molecule has 7 nitrogen and oxygen atoms in total. The van der Waals surface area contributed by atoms with Crippen LogP contribution in [0, 0.1) is 5.82 Å². The van der Waals surface area contributed by atoms with Gasteiger partial charge in [0.15, 0.2) is 0 Å². The van der Waals surface area contributed by atoms with Gasteiger partial charge in [-0.2, -0.15) is 4.80 Å². The van der Waals surface area contributed by atoms with Gasteiger partial charge in [-0.1, -0.05) is 12.1 Å². The monoisotopic (exact) mass is 305 g/mol. The lowest BCUT2D eigenvalue weighted by Crippen LogP contribution is -2.34. The Labute approximate surface area is 126 Å². The molecule has 116 valence electrons. The second-order valence-electron chi connectivity index (χ2n) is 5.09. The van der Waals surface area contributed by atoms with Crippen molar-refractivity contribution in [1.82, 2.24) is 25.5 Å². The fraction of sp³-hybridized carbons (Fsp3) is 0.429. The normalized spacial score (nSPS) is 17.6. The highest BCUT2D eigenvalue weighted by molar-refractivity contribution is 5.75. The number of aromatic nitrogens is 4. The van der Waals surface area contributed by atoms with Crippen molar-refractivity contribution in [2.24, 2.45) is 0 Å². The molecular formula is C14H16FN5O2. The highest BCUT2D eigenvalue weighted by atomic mass is 19.1. The van der Waals surface area contributed by atoms with Crippen LogP contribution in [0.1, 0.15) is 12.8 Å². The minimum Gasteiger partial charge on any atom is -0.376 e. The Kier molecular flexibility index (Phi) is 4.38. The standard InChI is InChI=1S/C14H16FN5O2/c15-11-4-1-3-10(7-11)14-17-19-20(18-14)9-13(21)16-8-12-5-2-6-22-12/h1,3-4,7,12H,2,5-6,8-9H2,(H,16,21)/t12-/m0/s1. The zero-order valence-electron chi connectivity index (χ0n) is 11.9. The number of hydrogen-bond donors (Lipinski definition) is 1. The molecule has 22 heavy (non-hydrogen) atoms. The van der Waals surface area contributed by atoms with Gasteiger partial charge in [-0.25, -0.2) is 4.39 Å². The first kappa shape index (κ1) is 14.6. The van der Waals surface area contributed by atoms with Crippen molar-refractivity contribution in [3.63, 3.8) is 0 Å².